The highest BCUT2D eigenvalue weighted by atomic mass is 35.5. The van der Waals surface area contributed by atoms with Gasteiger partial charge in [-0.2, -0.15) is 0 Å². The van der Waals surface area contributed by atoms with Gasteiger partial charge in [0.15, 0.2) is 0 Å². The third-order valence-corrected chi connectivity index (χ3v) is 2.51. The molecule has 1 aliphatic heterocycles. The molecule has 1 amide bonds. The number of halogens is 1. The smallest absolute Gasteiger partial charge is 0.251 e. The molecule has 0 fully saturated rings. The zero-order valence-electron chi connectivity index (χ0n) is 10.2. The summed E-state index contributed by atoms with van der Waals surface area (Å²) < 4.78 is 0. The maximum Gasteiger partial charge on any atom is 0.251 e. The Hall–Kier alpha value is -1.81. The van der Waals surface area contributed by atoms with Crippen molar-refractivity contribution in [3.05, 3.63) is 42.5 Å². The summed E-state index contributed by atoms with van der Waals surface area (Å²) in [6.45, 7) is 6.35. The number of hydrogen-bond donors (Lipinski definition) is 1. The first-order valence-corrected chi connectivity index (χ1v) is 5.50. The molecular formula is C13H15ClN3O-. The number of guanidine groups is 1. The van der Waals surface area contributed by atoms with E-state index in [9.17, 15) is 4.79 Å². The Morgan fingerprint density at radius 1 is 1.56 bits per heavy atom. The van der Waals surface area contributed by atoms with E-state index in [1.807, 2.05) is 31.2 Å². The summed E-state index contributed by atoms with van der Waals surface area (Å²) in [5, 5.41) is 3.15. The molecular weight excluding hydrogens is 250 g/mol. The van der Waals surface area contributed by atoms with Crippen LogP contribution >= 0.6 is 0 Å². The van der Waals surface area contributed by atoms with Gasteiger partial charge in [0.1, 0.15) is 6.54 Å². The minimum absolute atomic E-state index is 0. The van der Waals surface area contributed by atoms with Crippen molar-refractivity contribution >= 4 is 17.6 Å². The van der Waals surface area contributed by atoms with Crippen molar-refractivity contribution in [2.75, 3.05) is 18.4 Å². The molecule has 1 N–H and O–H groups in total. The summed E-state index contributed by atoms with van der Waals surface area (Å²) in [5.41, 5.74) is 2.10. The van der Waals surface area contributed by atoms with E-state index in [1.165, 1.54) is 0 Å². The first-order chi connectivity index (χ1) is 8.20. The van der Waals surface area contributed by atoms with E-state index in [4.69, 9.17) is 0 Å². The van der Waals surface area contributed by atoms with Gasteiger partial charge in [-0.1, -0.05) is 18.2 Å². The van der Waals surface area contributed by atoms with Crippen LogP contribution in [0.1, 0.15) is 5.56 Å². The second kappa shape index (κ2) is 6.21. The highest BCUT2D eigenvalue weighted by Crippen LogP contribution is 2.12. The lowest BCUT2D eigenvalue weighted by molar-refractivity contribution is -0.124. The molecule has 2 rings (SSSR count). The molecule has 1 aromatic rings. The number of amides is 1. The minimum atomic E-state index is 0. The lowest BCUT2D eigenvalue weighted by atomic mass is 10.2. The van der Waals surface area contributed by atoms with Crippen molar-refractivity contribution in [2.45, 2.75) is 6.92 Å². The van der Waals surface area contributed by atoms with Crippen LogP contribution in [0.5, 0.6) is 0 Å². The molecule has 5 heteroatoms. The third kappa shape index (κ3) is 3.11. The molecule has 0 unspecified atom stereocenters. The normalized spacial score (nSPS) is 13.9. The van der Waals surface area contributed by atoms with Gasteiger partial charge in [0, 0.05) is 12.2 Å². The highest BCUT2D eigenvalue weighted by molar-refractivity contribution is 6.09. The highest BCUT2D eigenvalue weighted by Gasteiger charge is 2.23. The first kappa shape index (κ1) is 14.3. The van der Waals surface area contributed by atoms with E-state index in [-0.39, 0.29) is 24.9 Å². The van der Waals surface area contributed by atoms with Crippen molar-refractivity contribution in [2.24, 2.45) is 4.99 Å². The maximum absolute atomic E-state index is 11.6. The third-order valence-electron chi connectivity index (χ3n) is 2.51. The molecule has 96 valence electrons. The number of carbonyl (C=O) groups is 1. The van der Waals surface area contributed by atoms with E-state index in [0.29, 0.717) is 12.5 Å². The van der Waals surface area contributed by atoms with Gasteiger partial charge >= 0.3 is 0 Å². The van der Waals surface area contributed by atoms with Crippen LogP contribution in [0.3, 0.4) is 0 Å². The second-order valence-corrected chi connectivity index (χ2v) is 3.93. The van der Waals surface area contributed by atoms with Crippen molar-refractivity contribution < 1.29 is 17.2 Å². The Morgan fingerprint density at radius 3 is 3.00 bits per heavy atom. The Labute approximate surface area is 113 Å². The van der Waals surface area contributed by atoms with Crippen LogP contribution in [0.25, 0.3) is 0 Å². The molecule has 0 aromatic heterocycles. The van der Waals surface area contributed by atoms with E-state index >= 15 is 0 Å². The Balaban J connectivity index is 0.00000162. The monoisotopic (exact) mass is 264 g/mol. The Morgan fingerprint density at radius 2 is 2.33 bits per heavy atom. The maximum atomic E-state index is 11.6. The van der Waals surface area contributed by atoms with E-state index in [0.717, 1.165) is 11.3 Å². The SMILES string of the molecule is C=CCN1C(=O)CN=C1Nc1cccc(C)c1.[Cl-]. The Kier molecular flexibility index (Phi) is 4.92. The molecule has 0 atom stereocenters. The quantitative estimate of drug-likeness (QED) is 0.697. The number of nitrogens with zero attached hydrogens (tertiary/aromatic N) is 2. The van der Waals surface area contributed by atoms with Crippen LogP contribution in [0.15, 0.2) is 41.9 Å². The number of rotatable bonds is 3. The predicted molar refractivity (Wildman–Crippen MR) is 69.0 cm³/mol. The fourth-order valence-corrected chi connectivity index (χ4v) is 1.71. The van der Waals surface area contributed by atoms with Crippen molar-refractivity contribution in [1.82, 2.24) is 4.90 Å². The average molecular weight is 265 g/mol. The molecule has 0 spiro atoms. The van der Waals surface area contributed by atoms with Gasteiger partial charge in [0.05, 0.1) is 0 Å². The van der Waals surface area contributed by atoms with Crippen LogP contribution in [0.4, 0.5) is 5.69 Å². The molecule has 0 bridgehead atoms. The molecule has 0 radical (unpaired) electrons. The van der Waals surface area contributed by atoms with Gasteiger partial charge in [-0.3, -0.25) is 9.69 Å². The number of benzene rings is 1. The average Bonchev–Trinajstić information content (AvgIpc) is 2.62. The van der Waals surface area contributed by atoms with E-state index in [2.05, 4.69) is 16.9 Å². The molecule has 4 nitrogen and oxygen atoms in total. The number of aryl methyl sites for hydroxylation is 1. The van der Waals surface area contributed by atoms with Crippen LogP contribution in [-0.4, -0.2) is 29.9 Å². The standard InChI is InChI=1S/C13H15N3O.ClH/c1-3-7-16-12(17)9-14-13(16)15-11-6-4-5-10(2)8-11;/h3-6,8H,1,7,9H2,2H3,(H,14,15);1H/p-1. The number of anilines is 1. The topological polar surface area (TPSA) is 44.7 Å². The number of hydrogen-bond acceptors (Lipinski definition) is 3. The van der Waals surface area contributed by atoms with Crippen molar-refractivity contribution in [3.8, 4) is 0 Å². The van der Waals surface area contributed by atoms with E-state index < -0.39 is 0 Å². The minimum Gasteiger partial charge on any atom is -1.00 e. The lowest BCUT2D eigenvalue weighted by Gasteiger charge is -2.17. The summed E-state index contributed by atoms with van der Waals surface area (Å²) >= 11 is 0. The van der Waals surface area contributed by atoms with Gasteiger partial charge < -0.3 is 17.7 Å². The molecule has 0 aliphatic carbocycles. The molecule has 1 aliphatic rings. The van der Waals surface area contributed by atoms with Gasteiger partial charge in [0.25, 0.3) is 5.91 Å². The fourth-order valence-electron chi connectivity index (χ4n) is 1.71. The van der Waals surface area contributed by atoms with E-state index in [1.54, 1.807) is 11.0 Å². The molecule has 0 saturated heterocycles. The lowest BCUT2D eigenvalue weighted by Crippen LogP contribution is -3.00. The fraction of sp³-hybridized carbons (Fsp3) is 0.231. The zero-order valence-corrected chi connectivity index (χ0v) is 10.9. The van der Waals surface area contributed by atoms with Crippen LogP contribution < -0.4 is 17.7 Å². The molecule has 0 saturated carbocycles. The van der Waals surface area contributed by atoms with Gasteiger partial charge in [0.2, 0.25) is 5.96 Å². The first-order valence-electron chi connectivity index (χ1n) is 5.50. The van der Waals surface area contributed by atoms with Crippen molar-refractivity contribution in [3.63, 3.8) is 0 Å². The van der Waals surface area contributed by atoms with Gasteiger partial charge in [-0.25, -0.2) is 4.99 Å². The van der Waals surface area contributed by atoms with Crippen LogP contribution in [0.2, 0.25) is 0 Å². The summed E-state index contributed by atoms with van der Waals surface area (Å²) in [6.07, 6.45) is 1.69. The Bertz CT molecular complexity index is 485. The summed E-state index contributed by atoms with van der Waals surface area (Å²) in [7, 11) is 0. The van der Waals surface area contributed by atoms with Crippen LogP contribution in [-0.2, 0) is 4.79 Å². The molecule has 1 aromatic carbocycles. The van der Waals surface area contributed by atoms with Gasteiger partial charge in [-0.05, 0) is 24.6 Å². The van der Waals surface area contributed by atoms with Gasteiger partial charge in [-0.15, -0.1) is 6.58 Å². The number of carbonyl (C=O) groups excluding carboxylic acids is 1. The largest absolute Gasteiger partial charge is 1.00 e. The predicted octanol–water partition coefficient (Wildman–Crippen LogP) is -1.20. The second-order valence-electron chi connectivity index (χ2n) is 3.93. The summed E-state index contributed by atoms with van der Waals surface area (Å²) in [6, 6.07) is 7.95. The van der Waals surface area contributed by atoms with Crippen LogP contribution in [0, 0.1) is 6.92 Å². The van der Waals surface area contributed by atoms with Crippen molar-refractivity contribution in [1.29, 1.82) is 0 Å². The number of nitrogens with one attached hydrogen (secondary N) is 1. The zero-order chi connectivity index (χ0) is 12.3. The molecule has 18 heavy (non-hydrogen) atoms. The summed E-state index contributed by atoms with van der Waals surface area (Å²) in [5.74, 6) is 0.598. The summed E-state index contributed by atoms with van der Waals surface area (Å²) in [4.78, 5) is 17.3. The molecule has 1 heterocycles. The number of aliphatic imine (C=N–C) groups is 1.